The van der Waals surface area contributed by atoms with Gasteiger partial charge in [0, 0.05) is 9.50 Å². The van der Waals surface area contributed by atoms with Gasteiger partial charge in [-0.1, -0.05) is 27.5 Å². The van der Waals surface area contributed by atoms with Crippen molar-refractivity contribution in [2.45, 2.75) is 20.8 Å². The molecule has 0 aliphatic carbocycles. The molecule has 0 aliphatic rings. The summed E-state index contributed by atoms with van der Waals surface area (Å²) in [5.74, 6) is -0.942. The summed E-state index contributed by atoms with van der Waals surface area (Å²) in [4.78, 5) is 11.0. The minimum Gasteiger partial charge on any atom is -0.478 e. The molecule has 0 spiro atoms. The largest absolute Gasteiger partial charge is 0.478 e. The summed E-state index contributed by atoms with van der Waals surface area (Å²) in [6, 6.07) is 0. The maximum atomic E-state index is 11.0. The predicted octanol–water partition coefficient (Wildman–Crippen LogP) is 3.73. The smallest absolute Gasteiger partial charge is 0.336 e. The Hall–Kier alpha value is -0.540. The molecule has 76 valence electrons. The van der Waals surface area contributed by atoms with Crippen molar-refractivity contribution in [3.63, 3.8) is 0 Å². The molecule has 14 heavy (non-hydrogen) atoms. The fraction of sp³-hybridized carbons (Fsp3) is 0.300. The molecule has 0 fully saturated rings. The Balaban J connectivity index is 3.68. The molecule has 0 aliphatic heterocycles. The summed E-state index contributed by atoms with van der Waals surface area (Å²) in [6.45, 7) is 5.35. The minimum absolute atomic E-state index is 0.285. The first kappa shape index (κ1) is 11.5. The molecule has 0 unspecified atom stereocenters. The molecular formula is C10H10BrClO2. The summed E-state index contributed by atoms with van der Waals surface area (Å²) in [5, 5.41) is 9.52. The molecule has 1 aromatic rings. The highest BCUT2D eigenvalue weighted by Gasteiger charge is 2.18. The van der Waals surface area contributed by atoms with Crippen molar-refractivity contribution in [1.82, 2.24) is 0 Å². The SMILES string of the molecule is Cc1c(Cl)c(C)c(C(=O)O)c(C)c1Br. The maximum Gasteiger partial charge on any atom is 0.336 e. The molecule has 1 N–H and O–H groups in total. The molecule has 4 heteroatoms. The summed E-state index contributed by atoms with van der Waals surface area (Å²) >= 11 is 9.35. The molecule has 2 nitrogen and oxygen atoms in total. The molecule has 0 saturated heterocycles. The Kier molecular flexibility index (Phi) is 3.22. The van der Waals surface area contributed by atoms with Crippen LogP contribution in [0.5, 0.6) is 0 Å². The van der Waals surface area contributed by atoms with Crippen molar-refractivity contribution in [1.29, 1.82) is 0 Å². The van der Waals surface area contributed by atoms with Crippen LogP contribution in [0.1, 0.15) is 27.0 Å². The van der Waals surface area contributed by atoms with Crippen molar-refractivity contribution < 1.29 is 9.90 Å². The Labute approximate surface area is 96.0 Å². The van der Waals surface area contributed by atoms with Crippen LogP contribution in [0.3, 0.4) is 0 Å². The lowest BCUT2D eigenvalue weighted by molar-refractivity contribution is 0.0695. The summed E-state index contributed by atoms with van der Waals surface area (Å²) in [7, 11) is 0. The number of carbonyl (C=O) groups is 1. The average Bonchev–Trinajstić information content (AvgIpc) is 2.11. The van der Waals surface area contributed by atoms with E-state index in [4.69, 9.17) is 16.7 Å². The van der Waals surface area contributed by atoms with E-state index in [0.29, 0.717) is 10.6 Å². The van der Waals surface area contributed by atoms with E-state index in [1.54, 1.807) is 13.8 Å². The van der Waals surface area contributed by atoms with Crippen LogP contribution >= 0.6 is 27.5 Å². The third-order valence-corrected chi connectivity index (χ3v) is 4.04. The molecular weight excluding hydrogens is 267 g/mol. The van der Waals surface area contributed by atoms with Gasteiger partial charge >= 0.3 is 5.97 Å². The van der Waals surface area contributed by atoms with Crippen LogP contribution in [0, 0.1) is 20.8 Å². The monoisotopic (exact) mass is 276 g/mol. The topological polar surface area (TPSA) is 37.3 Å². The summed E-state index contributed by atoms with van der Waals surface area (Å²) < 4.78 is 0.769. The molecule has 1 rings (SSSR count). The first-order valence-electron chi connectivity index (χ1n) is 4.06. The Morgan fingerprint density at radius 2 is 1.71 bits per heavy atom. The zero-order chi connectivity index (χ0) is 11.0. The van der Waals surface area contributed by atoms with E-state index < -0.39 is 5.97 Å². The second-order valence-corrected chi connectivity index (χ2v) is 4.35. The number of rotatable bonds is 1. The van der Waals surface area contributed by atoms with Gasteiger partial charge in [-0.2, -0.15) is 0 Å². The molecule has 0 atom stereocenters. The van der Waals surface area contributed by atoms with Gasteiger partial charge in [0.2, 0.25) is 0 Å². The zero-order valence-electron chi connectivity index (χ0n) is 8.11. The molecule has 0 heterocycles. The van der Waals surface area contributed by atoms with Crippen LogP contribution in [-0.2, 0) is 0 Å². The van der Waals surface area contributed by atoms with Gasteiger partial charge in [-0.05, 0) is 37.5 Å². The first-order chi connectivity index (χ1) is 6.37. The molecule has 0 aromatic heterocycles. The number of carboxylic acids is 1. The number of aromatic carboxylic acids is 1. The fourth-order valence-electron chi connectivity index (χ4n) is 1.48. The predicted molar refractivity (Wildman–Crippen MR) is 60.3 cm³/mol. The van der Waals surface area contributed by atoms with Gasteiger partial charge in [0.15, 0.2) is 0 Å². The van der Waals surface area contributed by atoms with Crippen molar-refractivity contribution in [2.75, 3.05) is 0 Å². The first-order valence-corrected chi connectivity index (χ1v) is 5.23. The lowest BCUT2D eigenvalue weighted by Crippen LogP contribution is -2.05. The average molecular weight is 278 g/mol. The minimum atomic E-state index is -0.942. The van der Waals surface area contributed by atoms with E-state index in [1.165, 1.54) is 0 Å². The van der Waals surface area contributed by atoms with E-state index in [2.05, 4.69) is 15.9 Å². The van der Waals surface area contributed by atoms with Crippen molar-refractivity contribution in [3.8, 4) is 0 Å². The van der Waals surface area contributed by atoms with E-state index in [0.717, 1.165) is 15.6 Å². The van der Waals surface area contributed by atoms with Gasteiger partial charge in [-0.15, -0.1) is 0 Å². The number of benzene rings is 1. The second kappa shape index (κ2) is 3.91. The van der Waals surface area contributed by atoms with E-state index in [1.807, 2.05) is 6.92 Å². The van der Waals surface area contributed by atoms with Gasteiger partial charge < -0.3 is 5.11 Å². The standard InChI is InChI=1S/C10H10BrClO2/c1-4-7(10(13)14)5(2)9(12)6(3)8(4)11/h1-3H3,(H,13,14). The van der Waals surface area contributed by atoms with Crippen LogP contribution in [0.25, 0.3) is 0 Å². The lowest BCUT2D eigenvalue weighted by atomic mass is 10.00. The van der Waals surface area contributed by atoms with Crippen LogP contribution in [-0.4, -0.2) is 11.1 Å². The van der Waals surface area contributed by atoms with Crippen molar-refractivity contribution in [3.05, 3.63) is 31.7 Å². The molecule has 0 bridgehead atoms. The molecule has 0 radical (unpaired) electrons. The molecule has 0 saturated carbocycles. The van der Waals surface area contributed by atoms with Crippen molar-refractivity contribution in [2.24, 2.45) is 0 Å². The van der Waals surface area contributed by atoms with Crippen LogP contribution < -0.4 is 0 Å². The van der Waals surface area contributed by atoms with Gasteiger partial charge in [0.25, 0.3) is 0 Å². The lowest BCUT2D eigenvalue weighted by Gasteiger charge is -2.12. The summed E-state index contributed by atoms with van der Waals surface area (Å²) in [6.07, 6.45) is 0. The Morgan fingerprint density at radius 1 is 1.21 bits per heavy atom. The van der Waals surface area contributed by atoms with Gasteiger partial charge in [0.05, 0.1) is 5.56 Å². The van der Waals surface area contributed by atoms with E-state index in [-0.39, 0.29) is 5.56 Å². The van der Waals surface area contributed by atoms with E-state index in [9.17, 15) is 4.79 Å². The van der Waals surface area contributed by atoms with Crippen LogP contribution in [0.2, 0.25) is 5.02 Å². The van der Waals surface area contributed by atoms with Crippen LogP contribution in [0.4, 0.5) is 0 Å². The fourth-order valence-corrected chi connectivity index (χ4v) is 2.18. The van der Waals surface area contributed by atoms with Gasteiger partial charge in [-0.25, -0.2) is 4.79 Å². The van der Waals surface area contributed by atoms with Crippen molar-refractivity contribution >= 4 is 33.5 Å². The number of carboxylic acid groups (broad SMARTS) is 1. The maximum absolute atomic E-state index is 11.0. The quantitative estimate of drug-likeness (QED) is 0.849. The highest BCUT2D eigenvalue weighted by molar-refractivity contribution is 9.10. The molecule has 1 aromatic carbocycles. The number of hydrogen-bond acceptors (Lipinski definition) is 1. The third kappa shape index (κ3) is 1.66. The summed E-state index contributed by atoms with van der Waals surface area (Å²) in [5.41, 5.74) is 2.51. The zero-order valence-corrected chi connectivity index (χ0v) is 10.5. The number of halogens is 2. The second-order valence-electron chi connectivity index (χ2n) is 3.18. The van der Waals surface area contributed by atoms with Gasteiger partial charge in [-0.3, -0.25) is 0 Å². The van der Waals surface area contributed by atoms with Crippen LogP contribution in [0.15, 0.2) is 4.47 Å². The van der Waals surface area contributed by atoms with Gasteiger partial charge in [0.1, 0.15) is 0 Å². The molecule has 0 amide bonds. The highest BCUT2D eigenvalue weighted by atomic mass is 79.9. The Morgan fingerprint density at radius 3 is 2.14 bits per heavy atom. The van der Waals surface area contributed by atoms with E-state index >= 15 is 0 Å². The normalized spacial score (nSPS) is 10.4. The highest BCUT2D eigenvalue weighted by Crippen LogP contribution is 2.33. The number of hydrogen-bond donors (Lipinski definition) is 1. The third-order valence-electron chi connectivity index (χ3n) is 2.28. The Bertz CT molecular complexity index is 384.